The average molecular weight is 339 g/mol. The number of ether oxygens (including phenoxy) is 1. The molecule has 1 fully saturated rings. The summed E-state index contributed by atoms with van der Waals surface area (Å²) in [5.74, 6) is 0.0654. The molecule has 0 unspecified atom stereocenters. The SMILES string of the molecule is COc1ccccc1NC(=O)Cn1nc(C(F)(F)F)cc1C1CC1. The van der Waals surface area contributed by atoms with Gasteiger partial charge in [0.1, 0.15) is 12.3 Å². The van der Waals surface area contributed by atoms with Crippen LogP contribution in [-0.2, 0) is 17.5 Å². The minimum atomic E-state index is -4.52. The first kappa shape index (κ1) is 16.4. The Morgan fingerprint density at radius 3 is 2.71 bits per heavy atom. The number of amides is 1. The molecule has 1 saturated carbocycles. The number of alkyl halides is 3. The molecule has 24 heavy (non-hydrogen) atoms. The molecule has 1 heterocycles. The Hall–Kier alpha value is -2.51. The Bertz CT molecular complexity index is 751. The van der Waals surface area contributed by atoms with E-state index in [1.54, 1.807) is 24.3 Å². The van der Waals surface area contributed by atoms with Gasteiger partial charge in [0.05, 0.1) is 12.8 Å². The second kappa shape index (κ2) is 6.18. The summed E-state index contributed by atoms with van der Waals surface area (Å²) in [5.41, 5.74) is -0.0480. The van der Waals surface area contributed by atoms with Crippen molar-refractivity contribution in [3.05, 3.63) is 41.7 Å². The Kier molecular flexibility index (Phi) is 4.21. The standard InChI is InChI=1S/C16H16F3N3O2/c1-24-13-5-3-2-4-11(13)20-15(23)9-22-12(10-6-7-10)8-14(21-22)16(17,18)19/h2-5,8,10H,6-7,9H2,1H3,(H,20,23). The van der Waals surface area contributed by atoms with Gasteiger partial charge in [0.15, 0.2) is 5.69 Å². The molecule has 1 amide bonds. The van der Waals surface area contributed by atoms with E-state index in [0.29, 0.717) is 17.1 Å². The summed E-state index contributed by atoms with van der Waals surface area (Å²) < 4.78 is 44.8. The number of benzene rings is 1. The van der Waals surface area contributed by atoms with Crippen LogP contribution in [0.15, 0.2) is 30.3 Å². The number of methoxy groups -OCH3 is 1. The van der Waals surface area contributed by atoms with Gasteiger partial charge >= 0.3 is 6.18 Å². The van der Waals surface area contributed by atoms with Crippen molar-refractivity contribution in [2.45, 2.75) is 31.5 Å². The zero-order valence-electron chi connectivity index (χ0n) is 12.9. The van der Waals surface area contributed by atoms with E-state index < -0.39 is 17.8 Å². The maximum atomic E-state index is 12.9. The van der Waals surface area contributed by atoms with Crippen LogP contribution in [0.5, 0.6) is 5.75 Å². The monoisotopic (exact) mass is 339 g/mol. The molecule has 8 heteroatoms. The summed E-state index contributed by atoms with van der Waals surface area (Å²) in [5, 5.41) is 6.20. The summed E-state index contributed by atoms with van der Waals surface area (Å²) >= 11 is 0. The molecular weight excluding hydrogens is 323 g/mol. The van der Waals surface area contributed by atoms with Crippen molar-refractivity contribution in [1.29, 1.82) is 0 Å². The number of para-hydroxylation sites is 2. The third kappa shape index (κ3) is 3.52. The van der Waals surface area contributed by atoms with Crippen LogP contribution in [0.3, 0.4) is 0 Å². The molecule has 0 aliphatic heterocycles. The van der Waals surface area contributed by atoms with E-state index in [-0.39, 0.29) is 12.5 Å². The fourth-order valence-electron chi connectivity index (χ4n) is 2.48. The fourth-order valence-corrected chi connectivity index (χ4v) is 2.48. The van der Waals surface area contributed by atoms with Crippen molar-refractivity contribution in [3.8, 4) is 5.75 Å². The van der Waals surface area contributed by atoms with Gasteiger partial charge in [-0.1, -0.05) is 12.1 Å². The molecule has 1 aromatic heterocycles. The molecule has 128 valence electrons. The summed E-state index contributed by atoms with van der Waals surface area (Å²) in [6.45, 7) is -0.278. The molecule has 3 rings (SSSR count). The predicted molar refractivity (Wildman–Crippen MR) is 80.8 cm³/mol. The Morgan fingerprint density at radius 1 is 1.38 bits per heavy atom. The molecule has 1 aliphatic carbocycles. The van der Waals surface area contributed by atoms with Crippen molar-refractivity contribution in [1.82, 2.24) is 9.78 Å². The Balaban J connectivity index is 1.78. The number of anilines is 1. The summed E-state index contributed by atoms with van der Waals surface area (Å²) in [6, 6.07) is 7.85. The van der Waals surface area contributed by atoms with Crippen LogP contribution >= 0.6 is 0 Å². The van der Waals surface area contributed by atoms with Crippen molar-refractivity contribution in [2.75, 3.05) is 12.4 Å². The van der Waals surface area contributed by atoms with Gasteiger partial charge in [-0.25, -0.2) is 0 Å². The minimum Gasteiger partial charge on any atom is -0.495 e. The van der Waals surface area contributed by atoms with E-state index in [4.69, 9.17) is 4.74 Å². The van der Waals surface area contributed by atoms with Crippen LogP contribution in [0.25, 0.3) is 0 Å². The van der Waals surface area contributed by atoms with Gasteiger partial charge in [0.25, 0.3) is 0 Å². The van der Waals surface area contributed by atoms with E-state index >= 15 is 0 Å². The molecular formula is C16H16F3N3O2. The van der Waals surface area contributed by atoms with Gasteiger partial charge in [0.2, 0.25) is 5.91 Å². The number of nitrogens with zero attached hydrogens (tertiary/aromatic N) is 2. The Labute approximate surface area is 136 Å². The van der Waals surface area contributed by atoms with Crippen LogP contribution in [-0.4, -0.2) is 22.8 Å². The van der Waals surface area contributed by atoms with E-state index in [1.807, 2.05) is 0 Å². The van der Waals surface area contributed by atoms with Crippen molar-refractivity contribution < 1.29 is 22.7 Å². The summed E-state index contributed by atoms with van der Waals surface area (Å²) in [7, 11) is 1.47. The fraction of sp³-hybridized carbons (Fsp3) is 0.375. The zero-order valence-corrected chi connectivity index (χ0v) is 12.9. The third-order valence-electron chi connectivity index (χ3n) is 3.77. The van der Waals surface area contributed by atoms with E-state index in [1.165, 1.54) is 7.11 Å². The highest BCUT2D eigenvalue weighted by atomic mass is 19.4. The van der Waals surface area contributed by atoms with Crippen LogP contribution in [0.1, 0.15) is 30.1 Å². The smallest absolute Gasteiger partial charge is 0.435 e. The van der Waals surface area contributed by atoms with Crippen molar-refractivity contribution >= 4 is 11.6 Å². The van der Waals surface area contributed by atoms with Gasteiger partial charge in [-0.2, -0.15) is 18.3 Å². The topological polar surface area (TPSA) is 56.1 Å². The normalized spacial score (nSPS) is 14.5. The van der Waals surface area contributed by atoms with Gasteiger partial charge in [0, 0.05) is 11.6 Å². The zero-order chi connectivity index (χ0) is 17.3. The number of nitrogens with one attached hydrogen (secondary N) is 1. The molecule has 0 radical (unpaired) electrons. The first-order valence-corrected chi connectivity index (χ1v) is 7.46. The number of hydrogen-bond donors (Lipinski definition) is 1. The van der Waals surface area contributed by atoms with Crippen LogP contribution in [0.4, 0.5) is 18.9 Å². The molecule has 0 spiro atoms. The lowest BCUT2D eigenvalue weighted by Gasteiger charge is -2.11. The number of aromatic nitrogens is 2. The lowest BCUT2D eigenvalue weighted by Crippen LogP contribution is -2.21. The number of carbonyl (C=O) groups excluding carboxylic acids is 1. The lowest BCUT2D eigenvalue weighted by molar-refractivity contribution is -0.141. The maximum Gasteiger partial charge on any atom is 0.435 e. The van der Waals surface area contributed by atoms with Crippen LogP contribution in [0.2, 0.25) is 0 Å². The molecule has 1 aliphatic rings. The van der Waals surface area contributed by atoms with E-state index in [0.717, 1.165) is 23.6 Å². The van der Waals surface area contributed by atoms with Gasteiger partial charge in [-0.3, -0.25) is 9.48 Å². The first-order valence-electron chi connectivity index (χ1n) is 7.46. The first-order chi connectivity index (χ1) is 11.4. The molecule has 1 aromatic carbocycles. The quantitative estimate of drug-likeness (QED) is 0.908. The minimum absolute atomic E-state index is 0.0488. The second-order valence-electron chi connectivity index (χ2n) is 5.63. The van der Waals surface area contributed by atoms with Crippen LogP contribution in [0, 0.1) is 0 Å². The summed E-state index contributed by atoms with van der Waals surface area (Å²) in [4.78, 5) is 12.2. The molecule has 1 N–H and O–H groups in total. The molecule has 0 saturated heterocycles. The second-order valence-corrected chi connectivity index (χ2v) is 5.63. The molecule has 5 nitrogen and oxygen atoms in total. The maximum absolute atomic E-state index is 12.9. The van der Waals surface area contributed by atoms with Crippen molar-refractivity contribution in [2.24, 2.45) is 0 Å². The molecule has 0 atom stereocenters. The van der Waals surface area contributed by atoms with E-state index in [2.05, 4.69) is 10.4 Å². The number of rotatable bonds is 5. The van der Waals surface area contributed by atoms with Gasteiger partial charge in [-0.05, 0) is 31.0 Å². The highest BCUT2D eigenvalue weighted by molar-refractivity contribution is 5.92. The highest BCUT2D eigenvalue weighted by Gasteiger charge is 2.38. The molecule has 0 bridgehead atoms. The molecule has 2 aromatic rings. The van der Waals surface area contributed by atoms with E-state index in [9.17, 15) is 18.0 Å². The summed E-state index contributed by atoms with van der Waals surface area (Å²) in [6.07, 6.45) is -2.89. The Morgan fingerprint density at radius 2 is 2.08 bits per heavy atom. The number of carbonyl (C=O) groups is 1. The van der Waals surface area contributed by atoms with Crippen LogP contribution < -0.4 is 10.1 Å². The third-order valence-corrected chi connectivity index (χ3v) is 3.77. The number of hydrogen-bond acceptors (Lipinski definition) is 3. The largest absolute Gasteiger partial charge is 0.495 e. The predicted octanol–water partition coefficient (Wildman–Crippen LogP) is 3.43. The number of halogens is 3. The lowest BCUT2D eigenvalue weighted by atomic mass is 10.2. The highest BCUT2D eigenvalue weighted by Crippen LogP contribution is 2.42. The average Bonchev–Trinajstić information content (AvgIpc) is 3.27. The van der Waals surface area contributed by atoms with Gasteiger partial charge in [-0.15, -0.1) is 0 Å². The van der Waals surface area contributed by atoms with Crippen molar-refractivity contribution in [3.63, 3.8) is 0 Å². The van der Waals surface area contributed by atoms with Gasteiger partial charge < -0.3 is 10.1 Å².